The number of carbonyl (C=O) groups is 2. The fraction of sp³-hybridized carbons (Fsp3) is 0.261. The molecule has 32 heavy (non-hydrogen) atoms. The normalized spacial score (nSPS) is 24.1. The highest BCUT2D eigenvalue weighted by molar-refractivity contribution is 5.96. The summed E-state index contributed by atoms with van der Waals surface area (Å²) in [6.45, 7) is 0. The van der Waals surface area contributed by atoms with Crippen LogP contribution < -0.4 is 5.32 Å². The van der Waals surface area contributed by atoms with Gasteiger partial charge in [0.1, 0.15) is 17.0 Å². The van der Waals surface area contributed by atoms with Crippen LogP contribution >= 0.6 is 0 Å². The number of aromatic nitrogens is 3. The highest BCUT2D eigenvalue weighted by atomic mass is 16.6. The van der Waals surface area contributed by atoms with Crippen molar-refractivity contribution in [1.82, 2.24) is 15.0 Å². The molecule has 2 aliphatic rings. The van der Waals surface area contributed by atoms with Crippen LogP contribution in [0.5, 0.6) is 5.75 Å². The van der Waals surface area contributed by atoms with Gasteiger partial charge in [0.05, 0.1) is 5.56 Å². The molecule has 9 nitrogen and oxygen atoms in total. The first-order chi connectivity index (χ1) is 15.4. The Morgan fingerprint density at radius 1 is 1.03 bits per heavy atom. The Labute approximate surface area is 183 Å². The molecule has 1 amide bonds. The van der Waals surface area contributed by atoms with E-state index in [1.54, 1.807) is 36.5 Å². The number of pyridine rings is 1. The SMILES string of the molecule is O=C1OC2(CCC(O)(C(=O)Nc3ncc(-c4cccc(O)c4)cn3)CC2)c2ccncc21. The fourth-order valence-electron chi connectivity index (χ4n) is 4.35. The van der Waals surface area contributed by atoms with Gasteiger partial charge in [-0.3, -0.25) is 15.1 Å². The Hall–Kier alpha value is -3.85. The average molecular weight is 432 g/mol. The molecule has 1 spiro atoms. The first kappa shape index (κ1) is 20.1. The van der Waals surface area contributed by atoms with Gasteiger partial charge in [-0.1, -0.05) is 12.1 Å². The molecule has 0 bridgehead atoms. The molecule has 0 radical (unpaired) electrons. The zero-order chi connectivity index (χ0) is 22.3. The van der Waals surface area contributed by atoms with E-state index in [-0.39, 0.29) is 24.5 Å². The molecule has 0 unspecified atom stereocenters. The molecule has 2 aromatic heterocycles. The maximum Gasteiger partial charge on any atom is 0.341 e. The van der Waals surface area contributed by atoms with Gasteiger partial charge in [0.25, 0.3) is 5.91 Å². The van der Waals surface area contributed by atoms with Crippen LogP contribution in [0.3, 0.4) is 0 Å². The summed E-state index contributed by atoms with van der Waals surface area (Å²) in [5.74, 6) is -0.833. The summed E-state index contributed by atoms with van der Waals surface area (Å²) in [6.07, 6.45) is 7.02. The molecular formula is C23H20N4O5. The summed E-state index contributed by atoms with van der Waals surface area (Å²) in [5, 5.41) is 23.2. The van der Waals surface area contributed by atoms with Crippen molar-refractivity contribution in [3.8, 4) is 16.9 Å². The van der Waals surface area contributed by atoms with Gasteiger partial charge in [-0.05, 0) is 49.4 Å². The third kappa shape index (κ3) is 3.36. The van der Waals surface area contributed by atoms with Gasteiger partial charge in [-0.15, -0.1) is 0 Å². The number of hydrogen-bond acceptors (Lipinski definition) is 8. The first-order valence-corrected chi connectivity index (χ1v) is 10.2. The van der Waals surface area contributed by atoms with E-state index >= 15 is 0 Å². The second-order valence-electron chi connectivity index (χ2n) is 8.14. The van der Waals surface area contributed by atoms with E-state index in [1.165, 1.54) is 18.6 Å². The molecule has 0 saturated heterocycles. The molecule has 3 heterocycles. The highest BCUT2D eigenvalue weighted by Crippen LogP contribution is 2.49. The summed E-state index contributed by atoms with van der Waals surface area (Å²) in [7, 11) is 0. The maximum absolute atomic E-state index is 12.8. The minimum absolute atomic E-state index is 0.0660. The number of phenolic OH excluding ortho intramolecular Hbond substituents is 1. The molecule has 5 rings (SSSR count). The fourth-order valence-corrected chi connectivity index (χ4v) is 4.35. The minimum Gasteiger partial charge on any atom is -0.508 e. The predicted molar refractivity (Wildman–Crippen MR) is 113 cm³/mol. The third-order valence-corrected chi connectivity index (χ3v) is 6.18. The van der Waals surface area contributed by atoms with E-state index in [0.29, 0.717) is 24.0 Å². The molecule has 3 aromatic rings. The standard InChI is InChI=1S/C23H20N4O5/c28-16-3-1-2-14(10-16)15-11-25-21(26-12-15)27-20(30)22(31)5-7-23(8-6-22)18-4-9-24-13-17(18)19(29)32-23/h1-4,9-13,28,31H,5-8H2,(H,25,26,27,30). The number of phenols is 1. The zero-order valence-electron chi connectivity index (χ0n) is 17.0. The van der Waals surface area contributed by atoms with Gasteiger partial charge in [0.15, 0.2) is 0 Å². The number of benzene rings is 1. The second kappa shape index (κ2) is 7.38. The van der Waals surface area contributed by atoms with Crippen molar-refractivity contribution in [2.75, 3.05) is 5.32 Å². The van der Waals surface area contributed by atoms with E-state index in [4.69, 9.17) is 4.74 Å². The number of fused-ring (bicyclic) bond motifs is 2. The zero-order valence-corrected chi connectivity index (χ0v) is 17.0. The molecule has 1 fully saturated rings. The summed E-state index contributed by atoms with van der Waals surface area (Å²) in [6, 6.07) is 8.42. The summed E-state index contributed by atoms with van der Waals surface area (Å²) in [5.41, 5.74) is 0.143. The van der Waals surface area contributed by atoms with Crippen molar-refractivity contribution in [3.05, 3.63) is 66.2 Å². The monoisotopic (exact) mass is 432 g/mol. The molecule has 1 aliphatic carbocycles. The van der Waals surface area contributed by atoms with Crippen LogP contribution in [0.15, 0.2) is 55.1 Å². The summed E-state index contributed by atoms with van der Waals surface area (Å²) >= 11 is 0. The third-order valence-electron chi connectivity index (χ3n) is 6.18. The van der Waals surface area contributed by atoms with Crippen molar-refractivity contribution in [2.45, 2.75) is 36.9 Å². The Balaban J connectivity index is 1.27. The van der Waals surface area contributed by atoms with Crippen molar-refractivity contribution in [2.24, 2.45) is 0 Å². The lowest BCUT2D eigenvalue weighted by atomic mass is 9.72. The van der Waals surface area contributed by atoms with Crippen LogP contribution in [0.25, 0.3) is 11.1 Å². The van der Waals surface area contributed by atoms with Gasteiger partial charge in [-0.25, -0.2) is 14.8 Å². The van der Waals surface area contributed by atoms with Crippen molar-refractivity contribution in [1.29, 1.82) is 0 Å². The van der Waals surface area contributed by atoms with Crippen LogP contribution in [0.1, 0.15) is 41.6 Å². The Kier molecular flexibility index (Phi) is 4.63. The van der Waals surface area contributed by atoms with Gasteiger partial charge in [-0.2, -0.15) is 0 Å². The predicted octanol–water partition coefficient (Wildman–Crippen LogP) is 2.55. The molecule has 9 heteroatoms. The van der Waals surface area contributed by atoms with E-state index in [0.717, 1.165) is 11.1 Å². The second-order valence-corrected chi connectivity index (χ2v) is 8.14. The molecule has 3 N–H and O–H groups in total. The van der Waals surface area contributed by atoms with Gasteiger partial charge < -0.3 is 14.9 Å². The van der Waals surface area contributed by atoms with Crippen molar-refractivity contribution >= 4 is 17.8 Å². The lowest BCUT2D eigenvalue weighted by molar-refractivity contribution is -0.144. The lowest BCUT2D eigenvalue weighted by Crippen LogP contribution is -2.49. The van der Waals surface area contributed by atoms with Gasteiger partial charge in [0, 0.05) is 35.9 Å². The summed E-state index contributed by atoms with van der Waals surface area (Å²) in [4.78, 5) is 37.3. The number of amides is 1. The van der Waals surface area contributed by atoms with Crippen molar-refractivity contribution < 1.29 is 24.5 Å². The largest absolute Gasteiger partial charge is 0.508 e. The van der Waals surface area contributed by atoms with Gasteiger partial charge in [0.2, 0.25) is 5.95 Å². The lowest BCUT2D eigenvalue weighted by Gasteiger charge is -2.40. The van der Waals surface area contributed by atoms with E-state index in [9.17, 15) is 19.8 Å². The van der Waals surface area contributed by atoms with Crippen LogP contribution in [0.2, 0.25) is 0 Å². The van der Waals surface area contributed by atoms with Crippen LogP contribution in [0.4, 0.5) is 5.95 Å². The van der Waals surface area contributed by atoms with Crippen LogP contribution in [0, 0.1) is 0 Å². The molecule has 1 aromatic carbocycles. The van der Waals surface area contributed by atoms with Crippen LogP contribution in [-0.4, -0.2) is 42.6 Å². The van der Waals surface area contributed by atoms with E-state index in [1.807, 2.05) is 0 Å². The molecular weight excluding hydrogens is 412 g/mol. The number of anilines is 1. The highest BCUT2D eigenvalue weighted by Gasteiger charge is 2.53. The number of hydrogen-bond donors (Lipinski definition) is 3. The number of nitrogens with zero attached hydrogens (tertiary/aromatic N) is 3. The molecule has 162 valence electrons. The summed E-state index contributed by atoms with van der Waals surface area (Å²) < 4.78 is 5.65. The smallest absolute Gasteiger partial charge is 0.341 e. The number of aliphatic hydroxyl groups is 1. The minimum atomic E-state index is -1.62. The molecule has 1 saturated carbocycles. The maximum atomic E-state index is 12.8. The number of aromatic hydroxyl groups is 1. The number of ether oxygens (including phenoxy) is 1. The number of carbonyl (C=O) groups excluding carboxylic acids is 2. The number of nitrogens with one attached hydrogen (secondary N) is 1. The molecule has 1 aliphatic heterocycles. The van der Waals surface area contributed by atoms with E-state index in [2.05, 4.69) is 20.3 Å². The Bertz CT molecular complexity index is 1200. The Morgan fingerprint density at radius 2 is 1.78 bits per heavy atom. The van der Waals surface area contributed by atoms with E-state index < -0.39 is 23.1 Å². The van der Waals surface area contributed by atoms with Crippen molar-refractivity contribution in [3.63, 3.8) is 0 Å². The topological polar surface area (TPSA) is 135 Å². The average Bonchev–Trinajstić information content (AvgIpc) is 3.08. The number of rotatable bonds is 3. The first-order valence-electron chi connectivity index (χ1n) is 10.2. The molecule has 0 atom stereocenters. The Morgan fingerprint density at radius 3 is 2.50 bits per heavy atom. The van der Waals surface area contributed by atoms with Crippen LogP contribution in [-0.2, 0) is 15.1 Å². The van der Waals surface area contributed by atoms with Gasteiger partial charge >= 0.3 is 5.97 Å². The quantitative estimate of drug-likeness (QED) is 0.538. The number of esters is 1.